The van der Waals surface area contributed by atoms with Crippen LogP contribution in [0.25, 0.3) is 0 Å². The van der Waals surface area contributed by atoms with Crippen LogP contribution in [-0.4, -0.2) is 18.3 Å². The van der Waals surface area contributed by atoms with Gasteiger partial charge in [0.2, 0.25) is 0 Å². The fourth-order valence-corrected chi connectivity index (χ4v) is 1.33. The molecular weight excluding hydrogens is 178 g/mol. The van der Waals surface area contributed by atoms with Crippen LogP contribution in [0, 0.1) is 0 Å². The van der Waals surface area contributed by atoms with Gasteiger partial charge in [0.1, 0.15) is 5.75 Å². The van der Waals surface area contributed by atoms with Gasteiger partial charge in [0.25, 0.3) is 0 Å². The number of nitrogens with one attached hydrogen (secondary N) is 1. The zero-order valence-corrected chi connectivity index (χ0v) is 8.87. The molecule has 3 nitrogen and oxygen atoms in total. The Kier molecular flexibility index (Phi) is 3.77. The fourth-order valence-electron chi connectivity index (χ4n) is 1.33. The Morgan fingerprint density at radius 3 is 2.64 bits per heavy atom. The summed E-state index contributed by atoms with van der Waals surface area (Å²) in [6.07, 6.45) is 0. The summed E-state index contributed by atoms with van der Waals surface area (Å²) in [6.45, 7) is 4.14. The highest BCUT2D eigenvalue weighted by atomic mass is 16.5. The van der Waals surface area contributed by atoms with E-state index < -0.39 is 0 Å². The highest BCUT2D eigenvalue weighted by Gasteiger charge is 2.03. The third-order valence-electron chi connectivity index (χ3n) is 1.91. The van der Waals surface area contributed by atoms with E-state index >= 15 is 0 Å². The smallest absolute Gasteiger partial charge is 0.124 e. The van der Waals surface area contributed by atoms with E-state index in [1.807, 2.05) is 18.2 Å². The summed E-state index contributed by atoms with van der Waals surface area (Å²) >= 11 is 0. The van der Waals surface area contributed by atoms with Crippen molar-refractivity contribution >= 4 is 5.69 Å². The van der Waals surface area contributed by atoms with Crippen molar-refractivity contribution < 1.29 is 9.84 Å². The van der Waals surface area contributed by atoms with E-state index in [-0.39, 0.29) is 6.61 Å². The molecule has 0 aliphatic rings. The number of rotatable bonds is 4. The first-order valence-electron chi connectivity index (χ1n) is 4.71. The standard InChI is InChI=1S/C11H17NO2/c1-8(2)12-10-4-5-11(14-3)9(6-10)7-13/h4-6,8,12-13H,7H2,1-3H3. The monoisotopic (exact) mass is 195 g/mol. The van der Waals surface area contributed by atoms with Crippen molar-refractivity contribution in [2.24, 2.45) is 0 Å². The van der Waals surface area contributed by atoms with E-state index in [0.29, 0.717) is 6.04 Å². The summed E-state index contributed by atoms with van der Waals surface area (Å²) < 4.78 is 5.11. The van der Waals surface area contributed by atoms with Crippen LogP contribution in [0.15, 0.2) is 18.2 Å². The molecule has 0 saturated heterocycles. The van der Waals surface area contributed by atoms with Gasteiger partial charge in [-0.3, -0.25) is 0 Å². The van der Waals surface area contributed by atoms with Crippen molar-refractivity contribution in [1.29, 1.82) is 0 Å². The predicted octanol–water partition coefficient (Wildman–Crippen LogP) is 2.01. The fraction of sp³-hybridized carbons (Fsp3) is 0.455. The third-order valence-corrected chi connectivity index (χ3v) is 1.91. The molecule has 0 amide bonds. The Bertz CT molecular complexity index is 297. The van der Waals surface area contributed by atoms with E-state index in [2.05, 4.69) is 19.2 Å². The first-order valence-corrected chi connectivity index (χ1v) is 4.71. The van der Waals surface area contributed by atoms with Crippen molar-refractivity contribution in [3.8, 4) is 5.75 Å². The maximum absolute atomic E-state index is 9.10. The number of methoxy groups -OCH3 is 1. The highest BCUT2D eigenvalue weighted by Crippen LogP contribution is 2.22. The Morgan fingerprint density at radius 2 is 2.14 bits per heavy atom. The van der Waals surface area contributed by atoms with Crippen LogP contribution in [0.5, 0.6) is 5.75 Å². The topological polar surface area (TPSA) is 41.5 Å². The first-order chi connectivity index (χ1) is 6.67. The number of benzene rings is 1. The van der Waals surface area contributed by atoms with Crippen LogP contribution in [0.2, 0.25) is 0 Å². The SMILES string of the molecule is COc1ccc(NC(C)C)cc1CO. The molecule has 1 aromatic carbocycles. The molecule has 1 aromatic rings. The lowest BCUT2D eigenvalue weighted by Crippen LogP contribution is -2.09. The second-order valence-electron chi connectivity index (χ2n) is 3.48. The Labute approximate surface area is 84.7 Å². The molecule has 2 N–H and O–H groups in total. The van der Waals surface area contributed by atoms with Gasteiger partial charge in [0.15, 0.2) is 0 Å². The Hall–Kier alpha value is -1.22. The maximum Gasteiger partial charge on any atom is 0.124 e. The average molecular weight is 195 g/mol. The second-order valence-corrected chi connectivity index (χ2v) is 3.48. The van der Waals surface area contributed by atoms with Gasteiger partial charge in [-0.25, -0.2) is 0 Å². The number of ether oxygens (including phenoxy) is 1. The Morgan fingerprint density at radius 1 is 1.43 bits per heavy atom. The average Bonchev–Trinajstić information content (AvgIpc) is 2.16. The second kappa shape index (κ2) is 4.86. The van der Waals surface area contributed by atoms with Gasteiger partial charge in [0.05, 0.1) is 13.7 Å². The van der Waals surface area contributed by atoms with E-state index in [4.69, 9.17) is 9.84 Å². The minimum absolute atomic E-state index is 0.00319. The van der Waals surface area contributed by atoms with Crippen LogP contribution in [0.3, 0.4) is 0 Å². The molecule has 0 bridgehead atoms. The summed E-state index contributed by atoms with van der Waals surface area (Å²) in [5.74, 6) is 0.724. The van der Waals surface area contributed by atoms with E-state index in [0.717, 1.165) is 17.0 Å². The Balaban J connectivity index is 2.89. The van der Waals surface area contributed by atoms with Gasteiger partial charge >= 0.3 is 0 Å². The highest BCUT2D eigenvalue weighted by molar-refractivity contribution is 5.51. The largest absolute Gasteiger partial charge is 0.496 e. The zero-order valence-electron chi connectivity index (χ0n) is 8.87. The van der Waals surface area contributed by atoms with E-state index in [1.165, 1.54) is 0 Å². The van der Waals surface area contributed by atoms with Gasteiger partial charge < -0.3 is 15.2 Å². The maximum atomic E-state index is 9.10. The molecule has 0 spiro atoms. The molecule has 0 atom stereocenters. The molecule has 0 unspecified atom stereocenters. The minimum Gasteiger partial charge on any atom is -0.496 e. The molecule has 14 heavy (non-hydrogen) atoms. The number of aliphatic hydroxyl groups excluding tert-OH is 1. The van der Waals surface area contributed by atoms with Crippen LogP contribution in [0.1, 0.15) is 19.4 Å². The van der Waals surface area contributed by atoms with E-state index in [9.17, 15) is 0 Å². The zero-order chi connectivity index (χ0) is 10.6. The number of hydrogen-bond donors (Lipinski definition) is 2. The van der Waals surface area contributed by atoms with Crippen molar-refractivity contribution in [1.82, 2.24) is 0 Å². The van der Waals surface area contributed by atoms with Gasteiger partial charge in [-0.1, -0.05) is 0 Å². The normalized spacial score (nSPS) is 10.4. The summed E-state index contributed by atoms with van der Waals surface area (Å²) in [7, 11) is 1.60. The molecular formula is C11H17NO2. The number of hydrogen-bond acceptors (Lipinski definition) is 3. The molecule has 0 aromatic heterocycles. The van der Waals surface area contributed by atoms with Gasteiger partial charge in [-0.05, 0) is 32.0 Å². The predicted molar refractivity (Wildman–Crippen MR) is 57.7 cm³/mol. The molecule has 0 aliphatic carbocycles. The molecule has 0 fully saturated rings. The molecule has 1 rings (SSSR count). The summed E-state index contributed by atoms with van der Waals surface area (Å²) in [5.41, 5.74) is 1.81. The molecule has 0 saturated carbocycles. The van der Waals surface area contributed by atoms with E-state index in [1.54, 1.807) is 7.11 Å². The van der Waals surface area contributed by atoms with Crippen molar-refractivity contribution in [3.63, 3.8) is 0 Å². The first kappa shape index (κ1) is 10.9. The quantitative estimate of drug-likeness (QED) is 0.772. The van der Waals surface area contributed by atoms with Crippen LogP contribution < -0.4 is 10.1 Å². The van der Waals surface area contributed by atoms with Crippen molar-refractivity contribution in [2.75, 3.05) is 12.4 Å². The summed E-state index contributed by atoms with van der Waals surface area (Å²) in [6, 6.07) is 6.09. The molecule has 0 heterocycles. The lowest BCUT2D eigenvalue weighted by molar-refractivity contribution is 0.274. The number of anilines is 1. The minimum atomic E-state index is -0.00319. The molecule has 0 radical (unpaired) electrons. The van der Waals surface area contributed by atoms with Gasteiger partial charge in [0, 0.05) is 17.3 Å². The summed E-state index contributed by atoms with van der Waals surface area (Å²) in [4.78, 5) is 0. The number of aliphatic hydroxyl groups is 1. The molecule has 78 valence electrons. The van der Waals surface area contributed by atoms with Crippen LogP contribution in [-0.2, 0) is 6.61 Å². The third kappa shape index (κ3) is 2.64. The lowest BCUT2D eigenvalue weighted by Gasteiger charge is -2.12. The molecule has 0 aliphatic heterocycles. The van der Waals surface area contributed by atoms with Gasteiger partial charge in [-0.2, -0.15) is 0 Å². The van der Waals surface area contributed by atoms with Gasteiger partial charge in [-0.15, -0.1) is 0 Å². The van der Waals surface area contributed by atoms with Crippen molar-refractivity contribution in [3.05, 3.63) is 23.8 Å². The van der Waals surface area contributed by atoms with Crippen LogP contribution in [0.4, 0.5) is 5.69 Å². The van der Waals surface area contributed by atoms with Crippen molar-refractivity contribution in [2.45, 2.75) is 26.5 Å². The lowest BCUT2D eigenvalue weighted by atomic mass is 10.2. The summed E-state index contributed by atoms with van der Waals surface area (Å²) in [5, 5.41) is 12.4. The molecule has 3 heteroatoms. The van der Waals surface area contributed by atoms with Crippen LogP contribution >= 0.6 is 0 Å².